The van der Waals surface area contributed by atoms with Crippen molar-refractivity contribution in [2.75, 3.05) is 6.54 Å². The van der Waals surface area contributed by atoms with Gasteiger partial charge in [-0.15, -0.1) is 0 Å². The molecular weight excluding hydrogens is 184 g/mol. The topological polar surface area (TPSA) is 67.6 Å². The summed E-state index contributed by atoms with van der Waals surface area (Å²) >= 11 is 3.18. The molecule has 0 saturated carbocycles. The van der Waals surface area contributed by atoms with Gasteiger partial charge in [0.15, 0.2) is 0 Å². The van der Waals surface area contributed by atoms with E-state index in [0.717, 1.165) is 4.61 Å². The number of rotatable bonds is 0. The van der Waals surface area contributed by atoms with Gasteiger partial charge in [0, 0.05) is 0 Å². The lowest BCUT2D eigenvalue weighted by atomic mass is 10.5. The van der Waals surface area contributed by atoms with Gasteiger partial charge in [-0.05, 0) is 15.9 Å². The Morgan fingerprint density at radius 1 is 1.78 bits per heavy atom. The van der Waals surface area contributed by atoms with Crippen molar-refractivity contribution < 1.29 is 0 Å². The second-order valence-corrected chi connectivity index (χ2v) is 2.51. The van der Waals surface area contributed by atoms with E-state index in [4.69, 9.17) is 11.6 Å². The molecule has 0 atom stereocenters. The van der Waals surface area contributed by atoms with Crippen LogP contribution in [0.4, 0.5) is 0 Å². The van der Waals surface area contributed by atoms with Gasteiger partial charge in [0.05, 0.1) is 12.7 Å². The van der Waals surface area contributed by atoms with Gasteiger partial charge in [0.1, 0.15) is 10.4 Å². The molecule has 1 heterocycles. The zero-order valence-electron chi connectivity index (χ0n) is 4.71. The van der Waals surface area contributed by atoms with Crippen molar-refractivity contribution in [1.82, 2.24) is 5.01 Å². The molecule has 1 rings (SSSR count). The third-order valence-electron chi connectivity index (χ3n) is 0.944. The van der Waals surface area contributed by atoms with Crippen molar-refractivity contribution in [1.29, 1.82) is 0 Å². The molecule has 0 aliphatic carbocycles. The summed E-state index contributed by atoms with van der Waals surface area (Å²) in [5, 5.41) is 1.47. The lowest BCUT2D eigenvalue weighted by molar-refractivity contribution is 0.434. The van der Waals surface area contributed by atoms with E-state index in [1.54, 1.807) is 6.20 Å². The molecule has 0 radical (unpaired) electrons. The largest absolute Gasteiger partial charge is 0.386 e. The predicted molar refractivity (Wildman–Crippen MR) is 39.5 cm³/mol. The van der Waals surface area contributed by atoms with Crippen LogP contribution >= 0.6 is 15.9 Å². The number of halogens is 1. The molecule has 1 aliphatic heterocycles. The van der Waals surface area contributed by atoms with Crippen molar-refractivity contribution in [2.24, 2.45) is 16.6 Å². The van der Waals surface area contributed by atoms with E-state index in [2.05, 4.69) is 20.9 Å². The van der Waals surface area contributed by atoms with E-state index in [1.165, 1.54) is 5.01 Å². The number of hydrazine groups is 1. The summed E-state index contributed by atoms with van der Waals surface area (Å²) in [7, 11) is 0. The van der Waals surface area contributed by atoms with Gasteiger partial charge in [-0.1, -0.05) is 0 Å². The summed E-state index contributed by atoms with van der Waals surface area (Å²) in [4.78, 5) is 3.83. The second-order valence-electron chi connectivity index (χ2n) is 1.70. The molecule has 50 valence electrons. The van der Waals surface area contributed by atoms with Crippen LogP contribution < -0.4 is 11.6 Å². The van der Waals surface area contributed by atoms with Gasteiger partial charge >= 0.3 is 0 Å². The van der Waals surface area contributed by atoms with Crippen molar-refractivity contribution in [3.63, 3.8) is 0 Å². The molecule has 5 heteroatoms. The highest BCUT2D eigenvalue weighted by atomic mass is 79.9. The van der Waals surface area contributed by atoms with Crippen LogP contribution in [0.5, 0.6) is 0 Å². The first kappa shape index (κ1) is 6.57. The molecule has 0 bridgehead atoms. The van der Waals surface area contributed by atoms with Crippen LogP contribution in [-0.4, -0.2) is 17.4 Å². The third-order valence-corrected chi connectivity index (χ3v) is 1.60. The number of hydrogen-bond donors (Lipinski definition) is 2. The van der Waals surface area contributed by atoms with Gasteiger partial charge < -0.3 is 5.73 Å². The highest BCUT2D eigenvalue weighted by molar-refractivity contribution is 9.11. The molecule has 1 aliphatic rings. The minimum atomic E-state index is 0.483. The fourth-order valence-electron chi connectivity index (χ4n) is 0.501. The minimum absolute atomic E-state index is 0.483. The molecule has 4 N–H and O–H groups in total. The smallest absolute Gasteiger partial charge is 0.120 e. The van der Waals surface area contributed by atoms with Gasteiger partial charge in [0.25, 0.3) is 0 Å². The summed E-state index contributed by atoms with van der Waals surface area (Å²) in [6.07, 6.45) is 1.57. The first-order chi connectivity index (χ1) is 4.20. The average molecular weight is 191 g/mol. The SMILES string of the molecule is NC1=NC=C(Br)N(N)C1. The fraction of sp³-hybridized carbons (Fsp3) is 0.250. The molecule has 0 spiro atoms. The van der Waals surface area contributed by atoms with E-state index < -0.39 is 0 Å². The number of aliphatic imine (C=N–C) groups is 1. The summed E-state index contributed by atoms with van der Waals surface area (Å²) in [5.74, 6) is 5.95. The Kier molecular flexibility index (Phi) is 1.73. The van der Waals surface area contributed by atoms with E-state index in [1.807, 2.05) is 0 Å². The zero-order valence-corrected chi connectivity index (χ0v) is 6.30. The average Bonchev–Trinajstić information content (AvgIpc) is 1.80. The summed E-state index contributed by atoms with van der Waals surface area (Å²) in [6.45, 7) is 0.483. The second kappa shape index (κ2) is 2.36. The Labute approximate surface area is 61.3 Å². The molecule has 0 fully saturated rings. The Hall–Kier alpha value is -0.550. The van der Waals surface area contributed by atoms with Crippen molar-refractivity contribution in [3.8, 4) is 0 Å². The highest BCUT2D eigenvalue weighted by Crippen LogP contribution is 2.10. The van der Waals surface area contributed by atoms with E-state index >= 15 is 0 Å². The third kappa shape index (κ3) is 1.43. The van der Waals surface area contributed by atoms with Crippen LogP contribution in [-0.2, 0) is 0 Å². The van der Waals surface area contributed by atoms with Crippen LogP contribution in [0.25, 0.3) is 0 Å². The van der Waals surface area contributed by atoms with Crippen LogP contribution in [0.15, 0.2) is 15.8 Å². The summed E-state index contributed by atoms with van der Waals surface area (Å²) < 4.78 is 0.747. The summed E-state index contributed by atoms with van der Waals surface area (Å²) in [6, 6.07) is 0. The van der Waals surface area contributed by atoms with E-state index in [9.17, 15) is 0 Å². The number of nitrogens with zero attached hydrogens (tertiary/aromatic N) is 2. The minimum Gasteiger partial charge on any atom is -0.386 e. The highest BCUT2D eigenvalue weighted by Gasteiger charge is 2.07. The van der Waals surface area contributed by atoms with Crippen molar-refractivity contribution in [3.05, 3.63) is 10.8 Å². The number of nitrogens with two attached hydrogens (primary N) is 2. The maximum atomic E-state index is 5.43. The molecule has 0 unspecified atom stereocenters. The molecular formula is C4H7BrN4. The molecule has 9 heavy (non-hydrogen) atoms. The molecule has 0 aromatic rings. The Morgan fingerprint density at radius 2 is 2.44 bits per heavy atom. The standard InChI is InChI=1S/C4H7BrN4/c5-3-1-8-4(6)2-9(3)7/h1H,2,7H2,(H2,6,8). The quantitative estimate of drug-likeness (QED) is 0.409. The van der Waals surface area contributed by atoms with Crippen LogP contribution in [0, 0.1) is 0 Å². The van der Waals surface area contributed by atoms with Crippen LogP contribution in [0.3, 0.4) is 0 Å². The van der Waals surface area contributed by atoms with Crippen LogP contribution in [0.2, 0.25) is 0 Å². The molecule has 0 aromatic heterocycles. The number of amidine groups is 1. The number of hydrogen-bond acceptors (Lipinski definition) is 4. The fourth-order valence-corrected chi connectivity index (χ4v) is 0.729. The van der Waals surface area contributed by atoms with Crippen molar-refractivity contribution in [2.45, 2.75) is 0 Å². The molecule has 0 aromatic carbocycles. The molecule has 4 nitrogen and oxygen atoms in total. The normalized spacial score (nSPS) is 19.1. The Bertz CT molecular complexity index is 173. The lowest BCUT2D eigenvalue weighted by Gasteiger charge is -2.19. The first-order valence-electron chi connectivity index (χ1n) is 2.40. The van der Waals surface area contributed by atoms with Gasteiger partial charge in [0.2, 0.25) is 0 Å². The zero-order chi connectivity index (χ0) is 6.85. The maximum absolute atomic E-state index is 5.43. The van der Waals surface area contributed by atoms with E-state index in [-0.39, 0.29) is 0 Å². The van der Waals surface area contributed by atoms with E-state index in [0.29, 0.717) is 12.4 Å². The monoisotopic (exact) mass is 190 g/mol. The Balaban J connectivity index is 2.74. The van der Waals surface area contributed by atoms with Gasteiger partial charge in [-0.25, -0.2) is 10.8 Å². The summed E-state index contributed by atoms with van der Waals surface area (Å²) in [5.41, 5.74) is 5.35. The maximum Gasteiger partial charge on any atom is 0.120 e. The van der Waals surface area contributed by atoms with Gasteiger partial charge in [-0.3, -0.25) is 5.01 Å². The Morgan fingerprint density at radius 3 is 2.89 bits per heavy atom. The first-order valence-corrected chi connectivity index (χ1v) is 3.19. The van der Waals surface area contributed by atoms with Crippen LogP contribution in [0.1, 0.15) is 0 Å². The molecule has 0 amide bonds. The lowest BCUT2D eigenvalue weighted by Crippen LogP contribution is -2.38. The molecule has 0 saturated heterocycles. The predicted octanol–water partition coefficient (Wildman–Crippen LogP) is -0.273. The van der Waals surface area contributed by atoms with Gasteiger partial charge in [-0.2, -0.15) is 0 Å². The van der Waals surface area contributed by atoms with Crippen molar-refractivity contribution >= 4 is 21.8 Å².